The van der Waals surface area contributed by atoms with Crippen LogP contribution in [0.25, 0.3) is 0 Å². The molecular formula is C6H17AlI2. The summed E-state index contributed by atoms with van der Waals surface area (Å²) in [7, 11) is 0. The molecule has 0 amide bonds. The SMILES string of the molecule is CCCCC[CH2][AlH2].I.I. The van der Waals surface area contributed by atoms with Crippen molar-refractivity contribution in [3.63, 3.8) is 0 Å². The first kappa shape index (κ1) is 17.2. The van der Waals surface area contributed by atoms with Crippen LogP contribution in [-0.4, -0.2) is 16.3 Å². The number of hydrogen-bond acceptors (Lipinski definition) is 0. The second-order valence-corrected chi connectivity index (χ2v) is 3.06. The van der Waals surface area contributed by atoms with Crippen molar-refractivity contribution >= 4 is 64.2 Å². The van der Waals surface area contributed by atoms with Crippen LogP contribution in [-0.2, 0) is 0 Å². The molecule has 0 saturated carbocycles. The lowest BCUT2D eigenvalue weighted by molar-refractivity contribution is 0.701. The highest BCUT2D eigenvalue weighted by Gasteiger charge is 1.80. The van der Waals surface area contributed by atoms with Gasteiger partial charge < -0.3 is 0 Å². The molecule has 0 heterocycles. The van der Waals surface area contributed by atoms with Crippen LogP contribution < -0.4 is 0 Å². The molecule has 58 valence electrons. The van der Waals surface area contributed by atoms with Gasteiger partial charge in [0.1, 0.15) is 0 Å². The van der Waals surface area contributed by atoms with E-state index < -0.39 is 0 Å². The molecule has 0 radical (unpaired) electrons. The van der Waals surface area contributed by atoms with E-state index in [9.17, 15) is 0 Å². The summed E-state index contributed by atoms with van der Waals surface area (Å²) in [6.07, 6.45) is 5.78. The zero-order valence-corrected chi connectivity index (χ0v) is 13.0. The monoisotopic (exact) mass is 370 g/mol. The van der Waals surface area contributed by atoms with Gasteiger partial charge in [0.15, 0.2) is 0 Å². The van der Waals surface area contributed by atoms with Crippen molar-refractivity contribution in [3.05, 3.63) is 0 Å². The van der Waals surface area contributed by atoms with Gasteiger partial charge in [-0.05, 0) is 0 Å². The van der Waals surface area contributed by atoms with Crippen LogP contribution >= 0.6 is 48.0 Å². The number of hydrogen-bond donors (Lipinski definition) is 0. The highest BCUT2D eigenvalue weighted by Crippen LogP contribution is 1.99. The molecule has 0 aromatic heterocycles. The van der Waals surface area contributed by atoms with Gasteiger partial charge in [0.2, 0.25) is 16.3 Å². The smallest absolute Gasteiger partial charge is 0.107 e. The molecular weight excluding hydrogens is 353 g/mol. The maximum Gasteiger partial charge on any atom is 0.211 e. The first-order valence-electron chi connectivity index (χ1n) is 3.41. The molecule has 3 heteroatoms. The Labute approximate surface area is 101 Å². The summed E-state index contributed by atoms with van der Waals surface area (Å²) in [5.74, 6) is 0. The fourth-order valence-corrected chi connectivity index (χ4v) is 1.18. The van der Waals surface area contributed by atoms with Gasteiger partial charge in [-0.25, -0.2) is 0 Å². The molecule has 0 unspecified atom stereocenters. The second-order valence-electron chi connectivity index (χ2n) is 2.06. The minimum atomic E-state index is 0. The van der Waals surface area contributed by atoms with Gasteiger partial charge >= 0.3 is 0 Å². The molecule has 0 spiro atoms. The number of unbranched alkanes of at least 4 members (excludes halogenated alkanes) is 3. The van der Waals surface area contributed by atoms with E-state index in [1.807, 2.05) is 0 Å². The van der Waals surface area contributed by atoms with Crippen molar-refractivity contribution in [3.8, 4) is 0 Å². The van der Waals surface area contributed by atoms with Gasteiger partial charge in [-0.2, -0.15) is 0 Å². The normalized spacial score (nSPS) is 7.22. The molecule has 9 heavy (non-hydrogen) atoms. The fourth-order valence-electron chi connectivity index (χ4n) is 0.677. The van der Waals surface area contributed by atoms with Crippen LogP contribution in [0.2, 0.25) is 5.28 Å². The van der Waals surface area contributed by atoms with Gasteiger partial charge in [-0.1, -0.05) is 32.6 Å². The molecule has 0 aliphatic rings. The Hall–Kier alpha value is 1.99. The van der Waals surface area contributed by atoms with Crippen molar-refractivity contribution in [2.45, 2.75) is 37.9 Å². The van der Waals surface area contributed by atoms with E-state index in [1.54, 1.807) is 0 Å². The van der Waals surface area contributed by atoms with Gasteiger partial charge in [0, 0.05) is 0 Å². The second kappa shape index (κ2) is 16.5. The summed E-state index contributed by atoms with van der Waals surface area (Å²) in [5.41, 5.74) is 0. The van der Waals surface area contributed by atoms with Gasteiger partial charge in [0.05, 0.1) is 0 Å². The van der Waals surface area contributed by atoms with Gasteiger partial charge in [-0.3, -0.25) is 0 Å². The number of halogens is 2. The molecule has 0 aromatic carbocycles. The van der Waals surface area contributed by atoms with Crippen molar-refractivity contribution < 1.29 is 0 Å². The maximum atomic E-state index is 2.26. The number of rotatable bonds is 4. The zero-order chi connectivity index (χ0) is 5.54. The third-order valence-corrected chi connectivity index (χ3v) is 1.91. The quantitative estimate of drug-likeness (QED) is 0.406. The van der Waals surface area contributed by atoms with Crippen molar-refractivity contribution in [2.75, 3.05) is 0 Å². The standard InChI is InChI=1S/C6H13.Al.2HI.2H/c1-3-5-6-4-2;;;;;/h1,3-6H2,2H3;;2*1H;;. The Morgan fingerprint density at radius 1 is 1.00 bits per heavy atom. The Morgan fingerprint density at radius 2 is 1.56 bits per heavy atom. The minimum absolute atomic E-state index is 0. The molecule has 0 fully saturated rings. The van der Waals surface area contributed by atoms with Crippen LogP contribution in [0, 0.1) is 0 Å². The van der Waals surface area contributed by atoms with Gasteiger partial charge in [0.25, 0.3) is 0 Å². The molecule has 0 rings (SSSR count). The van der Waals surface area contributed by atoms with E-state index in [0.29, 0.717) is 0 Å². The highest BCUT2D eigenvalue weighted by atomic mass is 127. The molecule has 0 saturated heterocycles. The average molecular weight is 370 g/mol. The Kier molecular flexibility index (Phi) is 31.6. The van der Waals surface area contributed by atoms with E-state index in [0.717, 1.165) is 0 Å². The third-order valence-electron chi connectivity index (χ3n) is 1.21. The van der Waals surface area contributed by atoms with Crippen LogP contribution in [0.15, 0.2) is 0 Å². The summed E-state index contributed by atoms with van der Waals surface area (Å²) in [4.78, 5) is 0. The molecule has 0 aliphatic carbocycles. The average Bonchev–Trinajstić information content (AvgIpc) is 1.69. The lowest BCUT2D eigenvalue weighted by Gasteiger charge is -1.90. The van der Waals surface area contributed by atoms with Crippen molar-refractivity contribution in [1.29, 1.82) is 0 Å². The van der Waals surface area contributed by atoms with E-state index in [4.69, 9.17) is 0 Å². The Morgan fingerprint density at radius 3 is 1.89 bits per heavy atom. The Bertz CT molecular complexity index is 30.2. The summed E-state index contributed by atoms with van der Waals surface area (Å²) < 4.78 is 0. The predicted octanol–water partition coefficient (Wildman–Crippen LogP) is 2.85. The van der Waals surface area contributed by atoms with Crippen molar-refractivity contribution in [2.24, 2.45) is 0 Å². The third kappa shape index (κ3) is 17.8. The predicted molar refractivity (Wildman–Crippen MR) is 68.3 cm³/mol. The molecule has 0 nitrogen and oxygen atoms in total. The summed E-state index contributed by atoms with van der Waals surface area (Å²) >= 11 is 1.41. The zero-order valence-electron chi connectivity index (χ0n) is 6.35. The summed E-state index contributed by atoms with van der Waals surface area (Å²) in [6.45, 7) is 2.26. The van der Waals surface area contributed by atoms with Crippen LogP contribution in [0.1, 0.15) is 32.6 Å². The minimum Gasteiger partial charge on any atom is -0.107 e. The first-order valence-corrected chi connectivity index (χ1v) is 4.83. The summed E-state index contributed by atoms with van der Waals surface area (Å²) in [5, 5.41) is 1.50. The van der Waals surface area contributed by atoms with Crippen LogP contribution in [0.4, 0.5) is 0 Å². The lowest BCUT2D eigenvalue weighted by Crippen LogP contribution is -1.72. The van der Waals surface area contributed by atoms with E-state index >= 15 is 0 Å². The van der Waals surface area contributed by atoms with Gasteiger partial charge in [-0.15, -0.1) is 53.2 Å². The Balaban J connectivity index is -0.000000180. The van der Waals surface area contributed by atoms with Crippen molar-refractivity contribution in [1.82, 2.24) is 0 Å². The lowest BCUT2D eigenvalue weighted by atomic mass is 10.2. The molecule has 0 aromatic rings. The fraction of sp³-hybridized carbons (Fsp3) is 1.00. The van der Waals surface area contributed by atoms with E-state index in [-0.39, 0.29) is 48.0 Å². The van der Waals surface area contributed by atoms with Crippen LogP contribution in [0.3, 0.4) is 0 Å². The molecule has 0 N–H and O–H groups in total. The topological polar surface area (TPSA) is 0 Å². The highest BCUT2D eigenvalue weighted by molar-refractivity contribution is 14.0. The summed E-state index contributed by atoms with van der Waals surface area (Å²) in [6, 6.07) is 0. The molecule has 0 aliphatic heterocycles. The van der Waals surface area contributed by atoms with Crippen LogP contribution in [0.5, 0.6) is 0 Å². The molecule has 0 atom stereocenters. The maximum absolute atomic E-state index is 2.26. The van der Waals surface area contributed by atoms with E-state index in [2.05, 4.69) is 6.92 Å². The first-order chi connectivity index (χ1) is 3.41. The molecule has 0 bridgehead atoms. The van der Waals surface area contributed by atoms with E-state index in [1.165, 1.54) is 47.3 Å². The largest absolute Gasteiger partial charge is 0.211 e.